The largest absolute Gasteiger partial charge is 0.458 e. The van der Waals surface area contributed by atoms with Gasteiger partial charge in [-0.1, -0.05) is 157 Å². The molecule has 11 nitrogen and oxygen atoms in total. The maximum atomic E-state index is 15.0. The molecule has 4 rings (SSSR count). The minimum Gasteiger partial charge on any atom is -0.458 e. The van der Waals surface area contributed by atoms with Crippen LogP contribution < -0.4 is 0 Å². The van der Waals surface area contributed by atoms with Crippen LogP contribution in [-0.2, 0) is 71.8 Å². The molecule has 0 amide bonds. The number of rotatable bonds is 39. The van der Waals surface area contributed by atoms with E-state index in [0.29, 0.717) is 49.7 Å². The number of ether oxygens (including phenoxy) is 3. The number of hydrogen-bond acceptors (Lipinski definition) is 11. The summed E-state index contributed by atoms with van der Waals surface area (Å²) in [5.74, 6) is -3.70. The summed E-state index contributed by atoms with van der Waals surface area (Å²) in [5.41, 5.74) is 3.46. The highest BCUT2D eigenvalue weighted by molar-refractivity contribution is 5.94. The van der Waals surface area contributed by atoms with E-state index < -0.39 is 35.9 Å². The highest BCUT2D eigenvalue weighted by Gasteiger charge is 2.45. The molecule has 2 aliphatic carbocycles. The molecule has 14 atom stereocenters. The Morgan fingerprint density at radius 3 is 1.95 bits per heavy atom. The summed E-state index contributed by atoms with van der Waals surface area (Å²) in [6.07, 6.45) is 14.4. The van der Waals surface area contributed by atoms with Gasteiger partial charge in [-0.2, -0.15) is 0 Å². The number of carbonyl (C=O) groups is 8. The van der Waals surface area contributed by atoms with E-state index in [2.05, 4.69) is 45.9 Å². The lowest BCUT2D eigenvalue weighted by atomic mass is 9.68. The quantitative estimate of drug-likeness (QED) is 0.0462. The molecule has 2 aliphatic rings. The smallest absolute Gasteiger partial charge is 0.310 e. The van der Waals surface area contributed by atoms with Crippen molar-refractivity contribution in [2.45, 2.75) is 242 Å². The van der Waals surface area contributed by atoms with Gasteiger partial charge in [-0.3, -0.25) is 38.4 Å². The topological polar surface area (TPSA) is 164 Å². The fourth-order valence-electron chi connectivity index (χ4n) is 14.1. The fourth-order valence-corrected chi connectivity index (χ4v) is 14.1. The van der Waals surface area contributed by atoms with Crippen LogP contribution in [0.15, 0.2) is 60.7 Å². The standard InChI is InChI=1S/C73H110O11/c1-15-27-58(74)30-25-31-59(75)42-57-41-54(36-38-56(57)43-69(80)84-60-32-23-18-17-19-24-33-60)37-39-64(76)51(10)70(47(5)6)67(79)44-63(46(3)4)72(81)53(12)71(48(7)16-2)68(82-13)45-66(78)61-34-26-35-62(61)73(83-14)52(11)65(77)40-49(8)50(9)55-28-21-20-22-29-55/h20-23,28-29,32,36,38,41,46-53,60-63,68,70-71,73H,15-19,24-27,30-31,33-35,37,39-40,42-45H2,1-14H3/b32-23+/t48-,49-,50+,51?,52?,53?,60?,61?,62?,63?,68?,70?,71+,73?/m0/s1. The zero-order valence-corrected chi connectivity index (χ0v) is 54.4. The summed E-state index contributed by atoms with van der Waals surface area (Å²) in [6.45, 7) is 24.0. The van der Waals surface area contributed by atoms with Gasteiger partial charge in [-0.05, 0) is 128 Å². The number of Topliss-reactive ketones (excluding diaryl/α,β-unsaturated/α-hetero) is 7. The molecule has 0 aromatic heterocycles. The molecule has 0 spiro atoms. The Labute approximate surface area is 507 Å². The lowest BCUT2D eigenvalue weighted by Crippen LogP contribution is -2.43. The SMILES string of the molecule is CCCC(=O)CCCC(=O)Cc1cc(CCC(=O)C(C)C(C(=O)CC(C(=O)C(C)[C@H](C(CC(=O)C2CCCC2C(OC)C(C)C(=O)C[C@H](C)[C@@H](C)c2ccccc2)OC)[C@@H](C)CC)C(C)C)C(C)C)ccc1CC(=O)OC1/C=C/CCCCC1. The first-order chi connectivity index (χ1) is 40.0. The first kappa shape index (κ1) is 71.7. The Hall–Kier alpha value is -4.74. The number of carbonyl (C=O) groups excluding carboxylic acids is 8. The van der Waals surface area contributed by atoms with Crippen molar-refractivity contribution in [3.05, 3.63) is 82.9 Å². The van der Waals surface area contributed by atoms with Gasteiger partial charge < -0.3 is 14.2 Å². The monoisotopic (exact) mass is 1160 g/mol. The van der Waals surface area contributed by atoms with Crippen LogP contribution in [-0.4, -0.2) is 79.0 Å². The molecular weight excluding hydrogens is 1050 g/mol. The molecule has 10 unspecified atom stereocenters. The summed E-state index contributed by atoms with van der Waals surface area (Å²) in [7, 11) is 3.27. The average Bonchev–Trinajstić information content (AvgIpc) is 4.14. The molecule has 1 fully saturated rings. The van der Waals surface area contributed by atoms with E-state index in [-0.39, 0.29) is 144 Å². The molecule has 11 heteroatoms. The Bertz CT molecular complexity index is 2450. The normalized spacial score (nSPS) is 20.9. The minimum absolute atomic E-state index is 0.000788. The van der Waals surface area contributed by atoms with Crippen molar-refractivity contribution in [3.8, 4) is 0 Å². The maximum absolute atomic E-state index is 15.0. The maximum Gasteiger partial charge on any atom is 0.310 e. The van der Waals surface area contributed by atoms with Crippen LogP contribution in [0.25, 0.3) is 0 Å². The van der Waals surface area contributed by atoms with Crippen molar-refractivity contribution in [2.24, 2.45) is 71.0 Å². The predicted molar refractivity (Wildman–Crippen MR) is 335 cm³/mol. The van der Waals surface area contributed by atoms with Crippen molar-refractivity contribution in [2.75, 3.05) is 14.2 Å². The van der Waals surface area contributed by atoms with Gasteiger partial charge in [-0.25, -0.2) is 0 Å². The summed E-state index contributed by atoms with van der Waals surface area (Å²) < 4.78 is 18.3. The van der Waals surface area contributed by atoms with Crippen molar-refractivity contribution in [1.29, 1.82) is 0 Å². The lowest BCUT2D eigenvalue weighted by Gasteiger charge is -2.37. The fraction of sp³-hybridized carbons (Fsp3) is 0.699. The number of hydrogen-bond donors (Lipinski definition) is 0. The molecule has 84 heavy (non-hydrogen) atoms. The van der Waals surface area contributed by atoms with E-state index in [1.807, 2.05) is 97.9 Å². The van der Waals surface area contributed by atoms with E-state index in [0.717, 1.165) is 63.4 Å². The number of esters is 1. The van der Waals surface area contributed by atoms with Gasteiger partial charge in [0, 0.05) is 101 Å². The second kappa shape index (κ2) is 36.4. The lowest BCUT2D eigenvalue weighted by molar-refractivity contribution is -0.146. The summed E-state index contributed by atoms with van der Waals surface area (Å²) in [4.78, 5) is 112. The summed E-state index contributed by atoms with van der Waals surface area (Å²) >= 11 is 0. The van der Waals surface area contributed by atoms with Crippen LogP contribution in [0.1, 0.15) is 227 Å². The van der Waals surface area contributed by atoms with Crippen molar-refractivity contribution in [3.63, 3.8) is 0 Å². The Morgan fingerprint density at radius 1 is 0.607 bits per heavy atom. The second-order valence-corrected chi connectivity index (χ2v) is 26.4. The van der Waals surface area contributed by atoms with Gasteiger partial charge >= 0.3 is 5.97 Å². The summed E-state index contributed by atoms with van der Waals surface area (Å²) in [5, 5.41) is 0. The van der Waals surface area contributed by atoms with Gasteiger partial charge in [0.15, 0.2) is 0 Å². The van der Waals surface area contributed by atoms with E-state index >= 15 is 4.79 Å². The molecule has 468 valence electrons. The molecule has 1 saturated carbocycles. The van der Waals surface area contributed by atoms with Gasteiger partial charge in [0.2, 0.25) is 0 Å². The number of methoxy groups -OCH3 is 2. The zero-order valence-electron chi connectivity index (χ0n) is 54.4. The average molecular weight is 1160 g/mol. The van der Waals surface area contributed by atoms with Crippen LogP contribution >= 0.6 is 0 Å². The number of benzene rings is 2. The molecule has 0 heterocycles. The van der Waals surface area contributed by atoms with Crippen LogP contribution in [0.4, 0.5) is 0 Å². The van der Waals surface area contributed by atoms with Crippen LogP contribution in [0.5, 0.6) is 0 Å². The van der Waals surface area contributed by atoms with Gasteiger partial charge in [0.05, 0.1) is 18.6 Å². The molecule has 0 N–H and O–H groups in total. The van der Waals surface area contributed by atoms with Gasteiger partial charge in [0.1, 0.15) is 46.6 Å². The highest BCUT2D eigenvalue weighted by Crippen LogP contribution is 2.42. The van der Waals surface area contributed by atoms with Crippen LogP contribution in [0, 0.1) is 71.0 Å². The highest BCUT2D eigenvalue weighted by atomic mass is 16.5. The Balaban J connectivity index is 1.46. The molecule has 0 aliphatic heterocycles. The third-order valence-corrected chi connectivity index (χ3v) is 19.7. The first-order valence-electron chi connectivity index (χ1n) is 32.7. The van der Waals surface area contributed by atoms with Crippen LogP contribution in [0.3, 0.4) is 0 Å². The van der Waals surface area contributed by atoms with Crippen molar-refractivity contribution < 1.29 is 52.6 Å². The molecule has 2 aromatic rings. The van der Waals surface area contributed by atoms with E-state index in [1.54, 1.807) is 14.2 Å². The van der Waals surface area contributed by atoms with E-state index in [4.69, 9.17) is 14.2 Å². The van der Waals surface area contributed by atoms with Gasteiger partial charge in [0.25, 0.3) is 0 Å². The van der Waals surface area contributed by atoms with Crippen LogP contribution in [0.2, 0.25) is 0 Å². The summed E-state index contributed by atoms with van der Waals surface area (Å²) in [6, 6.07) is 16.0. The van der Waals surface area contributed by atoms with Gasteiger partial charge in [-0.15, -0.1) is 0 Å². The van der Waals surface area contributed by atoms with Crippen molar-refractivity contribution >= 4 is 46.5 Å². The third kappa shape index (κ3) is 21.6. The number of aryl methyl sites for hydroxylation is 1. The number of ketones is 7. The second-order valence-electron chi connectivity index (χ2n) is 26.4. The minimum atomic E-state index is -0.621. The Kier molecular flexibility index (Phi) is 31.1. The van der Waals surface area contributed by atoms with E-state index in [1.165, 1.54) is 5.56 Å². The predicted octanol–water partition coefficient (Wildman–Crippen LogP) is 15.3. The molecule has 0 saturated heterocycles. The molecule has 0 bridgehead atoms. The molecular formula is C73H110O11. The van der Waals surface area contributed by atoms with E-state index in [9.17, 15) is 33.6 Å². The third-order valence-electron chi connectivity index (χ3n) is 19.7. The Morgan fingerprint density at radius 2 is 1.31 bits per heavy atom. The first-order valence-corrected chi connectivity index (χ1v) is 32.7. The molecule has 2 aromatic carbocycles. The zero-order chi connectivity index (χ0) is 62.2. The number of allylic oxidation sites excluding steroid dienone is 1. The molecule has 0 radical (unpaired) electrons. The van der Waals surface area contributed by atoms with Crippen molar-refractivity contribution in [1.82, 2.24) is 0 Å².